The zero-order chi connectivity index (χ0) is 11.3. The summed E-state index contributed by atoms with van der Waals surface area (Å²) < 4.78 is 0. The summed E-state index contributed by atoms with van der Waals surface area (Å²) in [6, 6.07) is 6.69. The number of aryl methyl sites for hydroxylation is 1. The molecule has 0 spiro atoms. The molecule has 0 saturated heterocycles. The van der Waals surface area contributed by atoms with E-state index < -0.39 is 0 Å². The number of aromatic nitrogens is 1. The van der Waals surface area contributed by atoms with E-state index in [1.165, 1.54) is 27.7 Å². The number of hydrogen-bond acceptors (Lipinski definition) is 1. The van der Waals surface area contributed by atoms with Crippen LogP contribution in [-0.2, 0) is 13.0 Å². The Morgan fingerprint density at radius 3 is 2.88 bits per heavy atom. The Morgan fingerprint density at radius 2 is 2.06 bits per heavy atom. The van der Waals surface area contributed by atoms with Gasteiger partial charge in [-0.2, -0.15) is 0 Å². The average molecular weight is 214 g/mol. The molecule has 1 aromatic heterocycles. The Hall–Kier alpha value is -1.28. The van der Waals surface area contributed by atoms with Crippen LogP contribution in [0.3, 0.4) is 0 Å². The fourth-order valence-corrected chi connectivity index (χ4v) is 2.61. The van der Waals surface area contributed by atoms with E-state index in [9.17, 15) is 0 Å². The summed E-state index contributed by atoms with van der Waals surface area (Å²) in [5, 5.41) is 4.96. The van der Waals surface area contributed by atoms with E-state index >= 15 is 0 Å². The van der Waals surface area contributed by atoms with Gasteiger partial charge in [-0.1, -0.05) is 12.1 Å². The van der Waals surface area contributed by atoms with Crippen molar-refractivity contribution >= 4 is 10.9 Å². The van der Waals surface area contributed by atoms with Crippen LogP contribution in [0.4, 0.5) is 0 Å². The monoisotopic (exact) mass is 214 g/mol. The molecule has 2 heterocycles. The third kappa shape index (κ3) is 1.45. The highest BCUT2D eigenvalue weighted by Crippen LogP contribution is 2.30. The van der Waals surface area contributed by atoms with Gasteiger partial charge in [0.25, 0.3) is 0 Å². The van der Waals surface area contributed by atoms with Crippen LogP contribution in [0, 0.1) is 6.92 Å². The molecule has 0 radical (unpaired) electrons. The molecule has 2 heteroatoms. The lowest BCUT2D eigenvalue weighted by Gasteiger charge is -2.31. The first kappa shape index (κ1) is 9.91. The SMILES string of the molecule is Cc1ccc2c3c([nH]c2c1)CNC(C)(C)C3. The van der Waals surface area contributed by atoms with Gasteiger partial charge in [0.2, 0.25) is 0 Å². The van der Waals surface area contributed by atoms with E-state index in [1.807, 2.05) is 0 Å². The molecule has 0 saturated carbocycles. The van der Waals surface area contributed by atoms with Crippen molar-refractivity contribution in [3.8, 4) is 0 Å². The first-order chi connectivity index (χ1) is 7.55. The van der Waals surface area contributed by atoms with E-state index in [0.29, 0.717) is 0 Å². The molecule has 2 nitrogen and oxygen atoms in total. The summed E-state index contributed by atoms with van der Waals surface area (Å²) in [7, 11) is 0. The standard InChI is InChI=1S/C14H18N2/c1-9-4-5-10-11-7-14(2,3)15-8-13(11)16-12(10)6-9/h4-6,15-16H,7-8H2,1-3H3. The Labute approximate surface area is 96.1 Å². The van der Waals surface area contributed by atoms with Crippen LogP contribution in [0.5, 0.6) is 0 Å². The molecular weight excluding hydrogens is 196 g/mol. The van der Waals surface area contributed by atoms with Crippen molar-refractivity contribution in [1.29, 1.82) is 0 Å². The van der Waals surface area contributed by atoms with Crippen LogP contribution in [0.1, 0.15) is 30.7 Å². The number of fused-ring (bicyclic) bond motifs is 3. The maximum atomic E-state index is 3.56. The third-order valence-corrected chi connectivity index (χ3v) is 3.51. The summed E-state index contributed by atoms with van der Waals surface area (Å²) in [5.74, 6) is 0. The molecule has 1 aliphatic rings. The van der Waals surface area contributed by atoms with Crippen molar-refractivity contribution in [1.82, 2.24) is 10.3 Å². The highest BCUT2D eigenvalue weighted by Gasteiger charge is 2.27. The minimum atomic E-state index is 0.215. The van der Waals surface area contributed by atoms with Gasteiger partial charge in [0.05, 0.1) is 0 Å². The maximum Gasteiger partial charge on any atom is 0.0461 e. The first-order valence-electron chi connectivity index (χ1n) is 5.90. The fraction of sp³-hybridized carbons (Fsp3) is 0.429. The zero-order valence-corrected chi connectivity index (χ0v) is 10.1. The Kier molecular flexibility index (Phi) is 1.93. The predicted molar refractivity (Wildman–Crippen MR) is 67.7 cm³/mol. The molecule has 0 unspecified atom stereocenters. The van der Waals surface area contributed by atoms with E-state index in [0.717, 1.165) is 13.0 Å². The van der Waals surface area contributed by atoms with Crippen LogP contribution in [-0.4, -0.2) is 10.5 Å². The van der Waals surface area contributed by atoms with Crippen molar-refractivity contribution in [3.63, 3.8) is 0 Å². The van der Waals surface area contributed by atoms with Gasteiger partial charge in [-0.15, -0.1) is 0 Å². The minimum Gasteiger partial charge on any atom is -0.357 e. The Morgan fingerprint density at radius 1 is 1.25 bits per heavy atom. The van der Waals surface area contributed by atoms with Gasteiger partial charge >= 0.3 is 0 Å². The summed E-state index contributed by atoms with van der Waals surface area (Å²) in [5.41, 5.74) is 5.68. The van der Waals surface area contributed by atoms with E-state index in [1.54, 1.807) is 0 Å². The molecule has 1 aliphatic heterocycles. The molecule has 0 fully saturated rings. The summed E-state index contributed by atoms with van der Waals surface area (Å²) in [6.45, 7) is 7.63. The van der Waals surface area contributed by atoms with Gasteiger partial charge in [-0.3, -0.25) is 0 Å². The second kappa shape index (κ2) is 3.11. The van der Waals surface area contributed by atoms with Crippen molar-refractivity contribution in [3.05, 3.63) is 35.0 Å². The number of rotatable bonds is 0. The van der Waals surface area contributed by atoms with Gasteiger partial charge in [0, 0.05) is 28.7 Å². The molecule has 2 aromatic rings. The van der Waals surface area contributed by atoms with Crippen molar-refractivity contribution in [2.45, 2.75) is 39.3 Å². The molecule has 1 aromatic carbocycles. The topological polar surface area (TPSA) is 27.8 Å². The van der Waals surface area contributed by atoms with Crippen LogP contribution < -0.4 is 5.32 Å². The van der Waals surface area contributed by atoms with Crippen LogP contribution in [0.2, 0.25) is 0 Å². The van der Waals surface area contributed by atoms with Crippen molar-refractivity contribution < 1.29 is 0 Å². The van der Waals surface area contributed by atoms with Gasteiger partial charge in [0.1, 0.15) is 0 Å². The first-order valence-corrected chi connectivity index (χ1v) is 5.90. The summed E-state index contributed by atoms with van der Waals surface area (Å²) in [4.78, 5) is 3.53. The summed E-state index contributed by atoms with van der Waals surface area (Å²) >= 11 is 0. The largest absolute Gasteiger partial charge is 0.357 e. The second-order valence-corrected chi connectivity index (χ2v) is 5.55. The fourth-order valence-electron chi connectivity index (χ4n) is 2.61. The number of H-pyrrole nitrogens is 1. The number of aromatic amines is 1. The Bertz CT molecular complexity index is 549. The van der Waals surface area contributed by atoms with Crippen LogP contribution in [0.15, 0.2) is 18.2 Å². The summed E-state index contributed by atoms with van der Waals surface area (Å²) in [6.07, 6.45) is 1.10. The maximum absolute atomic E-state index is 3.56. The van der Waals surface area contributed by atoms with E-state index in [-0.39, 0.29) is 5.54 Å². The smallest absolute Gasteiger partial charge is 0.0461 e. The molecular formula is C14H18N2. The Balaban J connectivity index is 2.22. The van der Waals surface area contributed by atoms with Gasteiger partial charge in [-0.25, -0.2) is 0 Å². The molecule has 2 N–H and O–H groups in total. The second-order valence-electron chi connectivity index (χ2n) is 5.55. The number of nitrogens with one attached hydrogen (secondary N) is 2. The zero-order valence-electron chi connectivity index (χ0n) is 10.1. The number of benzene rings is 1. The van der Waals surface area contributed by atoms with E-state index in [2.05, 4.69) is 49.3 Å². The van der Waals surface area contributed by atoms with Crippen molar-refractivity contribution in [2.75, 3.05) is 0 Å². The van der Waals surface area contributed by atoms with Crippen LogP contribution >= 0.6 is 0 Å². The van der Waals surface area contributed by atoms with E-state index in [4.69, 9.17) is 0 Å². The molecule has 84 valence electrons. The highest BCUT2D eigenvalue weighted by molar-refractivity contribution is 5.85. The molecule has 0 atom stereocenters. The van der Waals surface area contributed by atoms with Crippen molar-refractivity contribution in [2.24, 2.45) is 0 Å². The highest BCUT2D eigenvalue weighted by atomic mass is 15.0. The molecule has 0 bridgehead atoms. The molecule has 0 aliphatic carbocycles. The molecule has 16 heavy (non-hydrogen) atoms. The minimum absolute atomic E-state index is 0.215. The lowest BCUT2D eigenvalue weighted by Crippen LogP contribution is -2.44. The average Bonchev–Trinajstić information content (AvgIpc) is 2.53. The normalized spacial score (nSPS) is 18.7. The lowest BCUT2D eigenvalue weighted by atomic mass is 9.89. The van der Waals surface area contributed by atoms with Gasteiger partial charge in [-0.05, 0) is 44.4 Å². The third-order valence-electron chi connectivity index (χ3n) is 3.51. The predicted octanol–water partition coefficient (Wildman–Crippen LogP) is 2.90. The quantitative estimate of drug-likeness (QED) is 0.693. The molecule has 3 rings (SSSR count). The van der Waals surface area contributed by atoms with Gasteiger partial charge < -0.3 is 10.3 Å². The van der Waals surface area contributed by atoms with Crippen LogP contribution in [0.25, 0.3) is 10.9 Å². The number of hydrogen-bond donors (Lipinski definition) is 2. The lowest BCUT2D eigenvalue weighted by molar-refractivity contribution is 0.361. The molecule has 0 amide bonds. The van der Waals surface area contributed by atoms with Gasteiger partial charge in [0.15, 0.2) is 0 Å².